The number of anilines is 1. The van der Waals surface area contributed by atoms with Crippen LogP contribution in [-0.2, 0) is 5.75 Å². The van der Waals surface area contributed by atoms with Crippen LogP contribution in [0, 0.1) is 0 Å². The van der Waals surface area contributed by atoms with Crippen LogP contribution >= 0.6 is 46.0 Å². The van der Waals surface area contributed by atoms with Crippen molar-refractivity contribution in [1.29, 1.82) is 0 Å². The third-order valence-corrected chi connectivity index (χ3v) is 6.69. The number of aromatic nitrogens is 3. The summed E-state index contributed by atoms with van der Waals surface area (Å²) in [7, 11) is 0. The van der Waals surface area contributed by atoms with E-state index in [1.54, 1.807) is 41.3 Å². The van der Waals surface area contributed by atoms with Crippen molar-refractivity contribution in [2.45, 2.75) is 10.1 Å². The summed E-state index contributed by atoms with van der Waals surface area (Å²) in [5, 5.41) is 15.0. The number of fused-ring (bicyclic) bond motifs is 1. The fourth-order valence-corrected chi connectivity index (χ4v) is 4.92. The molecule has 1 amide bonds. The SMILES string of the molecule is O=C(Nc1nnc(SCc2cccs2)s1)c1cc2ccc(Cl)cc2[nH]1. The van der Waals surface area contributed by atoms with Crippen molar-refractivity contribution in [2.75, 3.05) is 5.32 Å². The first-order valence-corrected chi connectivity index (χ1v) is 10.3. The summed E-state index contributed by atoms with van der Waals surface area (Å²) in [5.41, 5.74) is 1.28. The van der Waals surface area contributed by atoms with Gasteiger partial charge in [-0.25, -0.2) is 0 Å². The van der Waals surface area contributed by atoms with Crippen molar-refractivity contribution in [3.63, 3.8) is 0 Å². The van der Waals surface area contributed by atoms with Gasteiger partial charge in [0.2, 0.25) is 5.13 Å². The molecule has 5 nitrogen and oxygen atoms in total. The highest BCUT2D eigenvalue weighted by molar-refractivity contribution is 8.00. The van der Waals surface area contributed by atoms with Gasteiger partial charge in [0.05, 0.1) is 0 Å². The minimum absolute atomic E-state index is 0.252. The first-order chi connectivity index (χ1) is 12.2. The Morgan fingerprint density at radius 3 is 3.04 bits per heavy atom. The van der Waals surface area contributed by atoms with Gasteiger partial charge < -0.3 is 4.98 Å². The third-order valence-electron chi connectivity index (χ3n) is 3.37. The Balaban J connectivity index is 1.43. The van der Waals surface area contributed by atoms with Crippen LogP contribution in [-0.4, -0.2) is 21.1 Å². The number of nitrogens with one attached hydrogen (secondary N) is 2. The molecule has 0 saturated heterocycles. The number of thioether (sulfide) groups is 1. The maximum Gasteiger partial charge on any atom is 0.273 e. The molecule has 0 saturated carbocycles. The maximum atomic E-state index is 12.4. The van der Waals surface area contributed by atoms with Crippen LogP contribution in [0.1, 0.15) is 15.4 Å². The second-order valence-corrected chi connectivity index (χ2v) is 8.78. The molecule has 0 unspecified atom stereocenters. The Bertz CT molecular complexity index is 1030. The number of carbonyl (C=O) groups excluding carboxylic acids is 1. The van der Waals surface area contributed by atoms with Crippen LogP contribution in [0.15, 0.2) is 46.1 Å². The predicted octanol–water partition coefficient (Wildman–Crippen LogP) is 5.28. The average Bonchev–Trinajstić information content (AvgIpc) is 3.33. The number of rotatable bonds is 5. The summed E-state index contributed by atoms with van der Waals surface area (Å²) in [5.74, 6) is 0.599. The van der Waals surface area contributed by atoms with Gasteiger partial charge in [0.1, 0.15) is 5.69 Å². The molecule has 4 rings (SSSR count). The number of aromatic amines is 1. The van der Waals surface area contributed by atoms with E-state index in [1.807, 2.05) is 12.1 Å². The first kappa shape index (κ1) is 16.6. The average molecular weight is 407 g/mol. The van der Waals surface area contributed by atoms with Crippen molar-refractivity contribution in [2.24, 2.45) is 0 Å². The molecule has 0 bridgehead atoms. The lowest BCUT2D eigenvalue weighted by Crippen LogP contribution is -2.11. The Kier molecular flexibility index (Phi) is 4.76. The van der Waals surface area contributed by atoms with Gasteiger partial charge in [-0.2, -0.15) is 0 Å². The highest BCUT2D eigenvalue weighted by Gasteiger charge is 2.13. The molecular formula is C16H11ClN4OS3. The number of hydrogen-bond donors (Lipinski definition) is 2. The van der Waals surface area contributed by atoms with E-state index in [1.165, 1.54) is 16.2 Å². The molecule has 0 fully saturated rings. The zero-order valence-corrected chi connectivity index (χ0v) is 15.9. The number of halogens is 1. The van der Waals surface area contributed by atoms with Crippen LogP contribution in [0.3, 0.4) is 0 Å². The lowest BCUT2D eigenvalue weighted by atomic mass is 10.2. The zero-order chi connectivity index (χ0) is 17.2. The van der Waals surface area contributed by atoms with E-state index in [0.717, 1.165) is 21.0 Å². The molecule has 0 atom stereocenters. The smallest absolute Gasteiger partial charge is 0.273 e. The van der Waals surface area contributed by atoms with Gasteiger partial charge in [0, 0.05) is 26.6 Å². The zero-order valence-electron chi connectivity index (χ0n) is 12.7. The predicted molar refractivity (Wildman–Crippen MR) is 105 cm³/mol. The molecule has 0 aliphatic heterocycles. The molecule has 2 N–H and O–H groups in total. The minimum Gasteiger partial charge on any atom is -0.350 e. The van der Waals surface area contributed by atoms with Gasteiger partial charge in [0.25, 0.3) is 5.91 Å². The molecule has 0 aliphatic carbocycles. The normalized spacial score (nSPS) is 11.1. The molecule has 4 aromatic rings. The number of amides is 1. The Hall–Kier alpha value is -1.87. The molecule has 9 heteroatoms. The fourth-order valence-electron chi connectivity index (χ4n) is 2.23. The monoisotopic (exact) mass is 406 g/mol. The first-order valence-electron chi connectivity index (χ1n) is 7.26. The van der Waals surface area contributed by atoms with E-state index in [9.17, 15) is 4.79 Å². The third kappa shape index (κ3) is 3.87. The van der Waals surface area contributed by atoms with E-state index in [4.69, 9.17) is 11.6 Å². The van der Waals surface area contributed by atoms with Crippen molar-refractivity contribution in [3.05, 3.63) is 57.4 Å². The summed E-state index contributed by atoms with van der Waals surface area (Å²) in [6.07, 6.45) is 0. The molecule has 25 heavy (non-hydrogen) atoms. The quantitative estimate of drug-likeness (QED) is 0.349. The number of thiophene rings is 1. The second-order valence-electron chi connectivity index (χ2n) is 5.11. The Morgan fingerprint density at radius 1 is 1.28 bits per heavy atom. The van der Waals surface area contributed by atoms with Crippen molar-refractivity contribution in [3.8, 4) is 0 Å². The van der Waals surface area contributed by atoms with E-state index in [2.05, 4.69) is 31.9 Å². The Labute approximate surface area is 160 Å². The van der Waals surface area contributed by atoms with Crippen LogP contribution in [0.5, 0.6) is 0 Å². The van der Waals surface area contributed by atoms with E-state index in [-0.39, 0.29) is 5.91 Å². The number of H-pyrrole nitrogens is 1. The lowest BCUT2D eigenvalue weighted by Gasteiger charge is -1.97. The van der Waals surface area contributed by atoms with Crippen molar-refractivity contribution < 1.29 is 4.79 Å². The van der Waals surface area contributed by atoms with Crippen LogP contribution < -0.4 is 5.32 Å². The van der Waals surface area contributed by atoms with Crippen LogP contribution in [0.4, 0.5) is 5.13 Å². The van der Waals surface area contributed by atoms with Gasteiger partial charge >= 0.3 is 0 Å². The van der Waals surface area contributed by atoms with E-state index < -0.39 is 0 Å². The molecule has 126 valence electrons. The number of carbonyl (C=O) groups is 1. The standard InChI is InChI=1S/C16H11ClN4OS3/c17-10-4-3-9-6-13(18-12(9)7-10)14(22)19-15-20-21-16(25-15)24-8-11-2-1-5-23-11/h1-7,18H,8H2,(H,19,20,22). The molecule has 0 spiro atoms. The van der Waals surface area contributed by atoms with Gasteiger partial charge in [-0.1, -0.05) is 46.8 Å². The topological polar surface area (TPSA) is 70.7 Å². The van der Waals surface area contributed by atoms with Crippen molar-refractivity contribution >= 4 is 68.0 Å². The lowest BCUT2D eigenvalue weighted by molar-refractivity contribution is 0.102. The summed E-state index contributed by atoms with van der Waals surface area (Å²) >= 11 is 10.7. The summed E-state index contributed by atoms with van der Waals surface area (Å²) in [6.45, 7) is 0. The second kappa shape index (κ2) is 7.17. The molecule has 0 aliphatic rings. The molecule has 3 heterocycles. The molecule has 1 aromatic carbocycles. The highest BCUT2D eigenvalue weighted by atomic mass is 35.5. The van der Waals surface area contributed by atoms with Gasteiger partial charge in [-0.05, 0) is 29.6 Å². The summed E-state index contributed by atoms with van der Waals surface area (Å²) < 4.78 is 0.826. The van der Waals surface area contributed by atoms with E-state index >= 15 is 0 Å². The van der Waals surface area contributed by atoms with E-state index in [0.29, 0.717) is 15.8 Å². The van der Waals surface area contributed by atoms with Gasteiger partial charge in [-0.15, -0.1) is 21.5 Å². The molecule has 0 radical (unpaired) electrons. The minimum atomic E-state index is -0.252. The van der Waals surface area contributed by atoms with Crippen LogP contribution in [0.2, 0.25) is 5.02 Å². The van der Waals surface area contributed by atoms with Crippen molar-refractivity contribution in [1.82, 2.24) is 15.2 Å². The number of benzene rings is 1. The largest absolute Gasteiger partial charge is 0.350 e. The number of hydrogen-bond acceptors (Lipinski definition) is 6. The van der Waals surface area contributed by atoms with Gasteiger partial charge in [-0.3, -0.25) is 10.1 Å². The molecular weight excluding hydrogens is 396 g/mol. The maximum absolute atomic E-state index is 12.4. The summed E-state index contributed by atoms with van der Waals surface area (Å²) in [6, 6.07) is 11.4. The molecule has 3 aromatic heterocycles. The van der Waals surface area contributed by atoms with Crippen LogP contribution in [0.25, 0.3) is 10.9 Å². The summed E-state index contributed by atoms with van der Waals surface area (Å²) in [4.78, 5) is 16.7. The van der Waals surface area contributed by atoms with Gasteiger partial charge in [0.15, 0.2) is 4.34 Å². The highest BCUT2D eigenvalue weighted by Crippen LogP contribution is 2.30. The number of nitrogens with zero attached hydrogens (tertiary/aromatic N) is 2. The Morgan fingerprint density at radius 2 is 2.20 bits per heavy atom. The fraction of sp³-hybridized carbons (Fsp3) is 0.0625.